The second-order valence-corrected chi connectivity index (χ2v) is 8.25. The minimum Gasteiger partial charge on any atom is -0.370 e. The molecule has 30 heavy (non-hydrogen) atoms. The predicted octanol–water partition coefficient (Wildman–Crippen LogP) is 3.32. The van der Waals surface area contributed by atoms with Gasteiger partial charge in [0, 0.05) is 56.7 Å². The third-order valence-corrected chi connectivity index (χ3v) is 6.14. The number of nitrogens with zero attached hydrogens (tertiary/aromatic N) is 4. The van der Waals surface area contributed by atoms with Crippen molar-refractivity contribution >= 4 is 23.1 Å². The van der Waals surface area contributed by atoms with Crippen LogP contribution in [-0.2, 0) is 0 Å². The van der Waals surface area contributed by atoms with Crippen molar-refractivity contribution in [1.29, 1.82) is 0 Å². The Morgan fingerprint density at radius 3 is 2.30 bits per heavy atom. The van der Waals surface area contributed by atoms with Crippen LogP contribution in [0.3, 0.4) is 0 Å². The Morgan fingerprint density at radius 2 is 1.67 bits per heavy atom. The second kappa shape index (κ2) is 8.92. The molecular weight excluding hydrogens is 381 g/mol. The molecule has 2 aliphatic rings. The standard InChI is InChI=1S/C23H30FN5O/c1-26(2)20-11-12-29(17-20)19-9-7-18(8-10-19)25-23(30)28-15-13-27(14-16-28)22-6-4-3-5-21(22)24/h3-10,20H,11-17H2,1-2H3,(H,25,30). The van der Waals surface area contributed by atoms with Crippen molar-refractivity contribution in [2.24, 2.45) is 0 Å². The van der Waals surface area contributed by atoms with Crippen molar-refractivity contribution < 1.29 is 9.18 Å². The fourth-order valence-corrected chi connectivity index (χ4v) is 4.21. The zero-order valence-electron chi connectivity index (χ0n) is 17.7. The summed E-state index contributed by atoms with van der Waals surface area (Å²) in [6.07, 6.45) is 1.17. The fraction of sp³-hybridized carbons (Fsp3) is 0.435. The maximum Gasteiger partial charge on any atom is 0.321 e. The van der Waals surface area contributed by atoms with Gasteiger partial charge in [0.2, 0.25) is 0 Å². The van der Waals surface area contributed by atoms with Crippen LogP contribution < -0.4 is 15.1 Å². The van der Waals surface area contributed by atoms with Gasteiger partial charge in [0.05, 0.1) is 5.69 Å². The van der Waals surface area contributed by atoms with Gasteiger partial charge >= 0.3 is 6.03 Å². The van der Waals surface area contributed by atoms with Gasteiger partial charge in [-0.25, -0.2) is 9.18 Å². The molecule has 2 heterocycles. The lowest BCUT2D eigenvalue weighted by Crippen LogP contribution is -2.50. The Hall–Kier alpha value is -2.80. The zero-order valence-corrected chi connectivity index (χ0v) is 17.7. The maximum absolute atomic E-state index is 14.0. The van der Waals surface area contributed by atoms with Gasteiger partial charge in [0.15, 0.2) is 0 Å². The van der Waals surface area contributed by atoms with Crippen LogP contribution in [0.15, 0.2) is 48.5 Å². The first-order valence-corrected chi connectivity index (χ1v) is 10.6. The highest BCUT2D eigenvalue weighted by molar-refractivity contribution is 5.89. The van der Waals surface area contributed by atoms with E-state index in [9.17, 15) is 9.18 Å². The number of hydrogen-bond acceptors (Lipinski definition) is 4. The number of carbonyl (C=O) groups is 1. The summed E-state index contributed by atoms with van der Waals surface area (Å²) in [4.78, 5) is 21.1. The summed E-state index contributed by atoms with van der Waals surface area (Å²) < 4.78 is 14.0. The smallest absolute Gasteiger partial charge is 0.321 e. The first-order chi connectivity index (χ1) is 14.5. The normalized spacial score (nSPS) is 19.5. The molecule has 0 bridgehead atoms. The molecule has 6 nitrogen and oxygen atoms in total. The van der Waals surface area contributed by atoms with E-state index in [1.165, 1.54) is 18.2 Å². The highest BCUT2D eigenvalue weighted by Crippen LogP contribution is 2.24. The van der Waals surface area contributed by atoms with Gasteiger partial charge in [0.1, 0.15) is 5.82 Å². The molecule has 2 fully saturated rings. The lowest BCUT2D eigenvalue weighted by molar-refractivity contribution is 0.208. The largest absolute Gasteiger partial charge is 0.370 e. The van der Waals surface area contributed by atoms with Gasteiger partial charge in [-0.05, 0) is 56.9 Å². The van der Waals surface area contributed by atoms with Crippen LogP contribution in [-0.4, -0.2) is 75.2 Å². The van der Waals surface area contributed by atoms with Gasteiger partial charge in [-0.3, -0.25) is 0 Å². The number of piperazine rings is 1. The molecular formula is C23H30FN5O. The molecule has 2 aromatic rings. The van der Waals surface area contributed by atoms with Gasteiger partial charge in [-0.15, -0.1) is 0 Å². The van der Waals surface area contributed by atoms with E-state index in [1.54, 1.807) is 17.0 Å². The second-order valence-electron chi connectivity index (χ2n) is 8.25. The van der Waals surface area contributed by atoms with Crippen LogP contribution >= 0.6 is 0 Å². The van der Waals surface area contributed by atoms with E-state index in [2.05, 4.69) is 41.3 Å². The Bertz CT molecular complexity index is 864. The summed E-state index contributed by atoms with van der Waals surface area (Å²) >= 11 is 0. The van der Waals surface area contributed by atoms with Gasteiger partial charge < -0.3 is 24.9 Å². The van der Waals surface area contributed by atoms with Crippen LogP contribution in [0.5, 0.6) is 0 Å². The summed E-state index contributed by atoms with van der Waals surface area (Å²) in [7, 11) is 4.26. The number of nitrogens with one attached hydrogen (secondary N) is 1. The molecule has 0 aliphatic carbocycles. The fourth-order valence-electron chi connectivity index (χ4n) is 4.21. The number of hydrogen-bond donors (Lipinski definition) is 1. The number of anilines is 3. The molecule has 7 heteroatoms. The molecule has 0 aromatic heterocycles. The van der Waals surface area contributed by atoms with Crippen molar-refractivity contribution in [2.45, 2.75) is 12.5 Å². The molecule has 0 spiro atoms. The minimum atomic E-state index is -0.217. The van der Waals surface area contributed by atoms with Gasteiger partial charge in [0.25, 0.3) is 0 Å². The van der Waals surface area contributed by atoms with Gasteiger partial charge in [-0.1, -0.05) is 12.1 Å². The summed E-state index contributed by atoms with van der Waals surface area (Å²) in [6, 6.07) is 15.3. The van der Waals surface area contributed by atoms with Crippen LogP contribution in [0.2, 0.25) is 0 Å². The van der Waals surface area contributed by atoms with E-state index in [-0.39, 0.29) is 11.8 Å². The third-order valence-electron chi connectivity index (χ3n) is 6.14. The summed E-state index contributed by atoms with van der Waals surface area (Å²) in [5.41, 5.74) is 2.59. The lowest BCUT2D eigenvalue weighted by Gasteiger charge is -2.36. The topological polar surface area (TPSA) is 42.1 Å². The molecule has 2 aliphatic heterocycles. The predicted molar refractivity (Wildman–Crippen MR) is 120 cm³/mol. The van der Waals surface area contributed by atoms with Crippen molar-refractivity contribution in [3.63, 3.8) is 0 Å². The first kappa shape index (κ1) is 20.5. The number of benzene rings is 2. The molecule has 2 aromatic carbocycles. The first-order valence-electron chi connectivity index (χ1n) is 10.6. The monoisotopic (exact) mass is 411 g/mol. The highest BCUT2D eigenvalue weighted by atomic mass is 19.1. The van der Waals surface area contributed by atoms with Crippen molar-refractivity contribution in [1.82, 2.24) is 9.80 Å². The van der Waals surface area contributed by atoms with Crippen LogP contribution in [0, 0.1) is 5.82 Å². The minimum absolute atomic E-state index is 0.107. The summed E-state index contributed by atoms with van der Waals surface area (Å²) in [5.74, 6) is -0.217. The quantitative estimate of drug-likeness (QED) is 0.838. The third kappa shape index (κ3) is 4.51. The molecule has 2 amide bonds. The number of amides is 2. The Balaban J connectivity index is 1.29. The van der Waals surface area contributed by atoms with Crippen LogP contribution in [0.1, 0.15) is 6.42 Å². The number of halogens is 1. The van der Waals surface area contributed by atoms with Crippen molar-refractivity contribution in [2.75, 3.05) is 68.5 Å². The average Bonchev–Trinajstić information content (AvgIpc) is 3.25. The molecule has 1 atom stereocenters. The Morgan fingerprint density at radius 1 is 0.967 bits per heavy atom. The van der Waals surface area contributed by atoms with E-state index in [4.69, 9.17) is 0 Å². The van der Waals surface area contributed by atoms with E-state index in [0.717, 1.165) is 18.8 Å². The lowest BCUT2D eigenvalue weighted by atomic mass is 10.2. The molecule has 2 saturated heterocycles. The number of carbonyl (C=O) groups excluding carboxylic acids is 1. The zero-order chi connectivity index (χ0) is 21.1. The Labute approximate surface area is 177 Å². The van der Waals surface area contributed by atoms with E-state index < -0.39 is 0 Å². The molecule has 0 saturated carbocycles. The van der Waals surface area contributed by atoms with Gasteiger partial charge in [-0.2, -0.15) is 0 Å². The molecule has 1 N–H and O–H groups in total. The van der Waals surface area contributed by atoms with Crippen molar-refractivity contribution in [3.8, 4) is 0 Å². The summed E-state index contributed by atoms with van der Waals surface area (Å²) in [6.45, 7) is 4.46. The summed E-state index contributed by atoms with van der Waals surface area (Å²) in [5, 5.41) is 2.99. The molecule has 1 unspecified atom stereocenters. The molecule has 0 radical (unpaired) electrons. The van der Waals surface area contributed by atoms with Crippen LogP contribution in [0.25, 0.3) is 0 Å². The SMILES string of the molecule is CN(C)C1CCN(c2ccc(NC(=O)N3CCN(c4ccccc4F)CC3)cc2)C1. The Kier molecular flexibility index (Phi) is 6.08. The number of rotatable bonds is 4. The highest BCUT2D eigenvalue weighted by Gasteiger charge is 2.25. The number of urea groups is 1. The van der Waals surface area contributed by atoms with E-state index >= 15 is 0 Å². The van der Waals surface area contributed by atoms with Crippen molar-refractivity contribution in [3.05, 3.63) is 54.3 Å². The maximum atomic E-state index is 14.0. The van der Waals surface area contributed by atoms with E-state index in [0.29, 0.717) is 37.9 Å². The molecule has 4 rings (SSSR count). The average molecular weight is 412 g/mol. The van der Waals surface area contributed by atoms with E-state index in [1.807, 2.05) is 23.1 Å². The number of para-hydroxylation sites is 1. The molecule has 160 valence electrons. The number of likely N-dealkylation sites (N-methyl/N-ethyl adjacent to an activating group) is 1. The van der Waals surface area contributed by atoms with Crippen LogP contribution in [0.4, 0.5) is 26.2 Å².